The van der Waals surface area contributed by atoms with Gasteiger partial charge in [-0.2, -0.15) is 0 Å². The van der Waals surface area contributed by atoms with Crippen molar-refractivity contribution in [2.75, 3.05) is 32.2 Å². The Balaban J connectivity index is 2.51. The minimum Gasteiger partial charge on any atom is -0.385 e. The van der Waals surface area contributed by atoms with Gasteiger partial charge in [0.25, 0.3) is 0 Å². The monoisotopic (exact) mass is 307 g/mol. The number of aromatic nitrogens is 2. The van der Waals surface area contributed by atoms with Crippen molar-refractivity contribution in [3.63, 3.8) is 0 Å². The molecule has 1 rings (SSSR count). The van der Waals surface area contributed by atoms with E-state index in [4.69, 9.17) is 4.74 Å². The van der Waals surface area contributed by atoms with Crippen LogP contribution in [0.2, 0.25) is 0 Å². The van der Waals surface area contributed by atoms with E-state index in [9.17, 15) is 0 Å². The zero-order valence-corrected chi connectivity index (χ0v) is 10.6. The van der Waals surface area contributed by atoms with Gasteiger partial charge in [0.15, 0.2) is 0 Å². The van der Waals surface area contributed by atoms with E-state index in [2.05, 4.69) is 37.5 Å². The van der Waals surface area contributed by atoms with E-state index in [0.717, 1.165) is 29.0 Å². The highest BCUT2D eigenvalue weighted by atomic mass is 127. The van der Waals surface area contributed by atoms with E-state index in [-0.39, 0.29) is 0 Å². The fourth-order valence-corrected chi connectivity index (χ4v) is 1.85. The van der Waals surface area contributed by atoms with Gasteiger partial charge in [0.05, 0.1) is 3.57 Å². The lowest BCUT2D eigenvalue weighted by Gasteiger charge is -2.18. The van der Waals surface area contributed by atoms with E-state index >= 15 is 0 Å². The largest absolute Gasteiger partial charge is 0.385 e. The highest BCUT2D eigenvalue weighted by Gasteiger charge is 2.05. The maximum Gasteiger partial charge on any atom is 0.145 e. The fraction of sp³-hybridized carbons (Fsp3) is 0.556. The fourth-order valence-electron chi connectivity index (χ4n) is 1.14. The molecule has 0 bridgehead atoms. The molecule has 5 heteroatoms. The van der Waals surface area contributed by atoms with Crippen molar-refractivity contribution < 1.29 is 4.74 Å². The molecule has 0 aromatic carbocycles. The Kier molecular flexibility index (Phi) is 5.10. The van der Waals surface area contributed by atoms with Crippen LogP contribution in [0.25, 0.3) is 0 Å². The first-order valence-electron chi connectivity index (χ1n) is 4.41. The standard InChI is InChI=1S/C9H14IN3O/c1-13(4-3-5-14-2)9-8(10)6-11-7-12-9/h6-7H,3-5H2,1-2H3. The molecular weight excluding hydrogens is 293 g/mol. The van der Waals surface area contributed by atoms with Crippen molar-refractivity contribution in [3.8, 4) is 0 Å². The third kappa shape index (κ3) is 3.38. The number of hydrogen-bond acceptors (Lipinski definition) is 4. The lowest BCUT2D eigenvalue weighted by atomic mass is 10.4. The van der Waals surface area contributed by atoms with Gasteiger partial charge in [0, 0.05) is 33.5 Å². The molecule has 0 fully saturated rings. The van der Waals surface area contributed by atoms with Crippen LogP contribution in [-0.2, 0) is 4.74 Å². The third-order valence-corrected chi connectivity index (χ3v) is 2.61. The summed E-state index contributed by atoms with van der Waals surface area (Å²) in [6.45, 7) is 1.73. The van der Waals surface area contributed by atoms with Gasteiger partial charge in [0.1, 0.15) is 12.1 Å². The molecule has 0 aliphatic rings. The minimum absolute atomic E-state index is 0.784. The molecule has 78 valence electrons. The molecule has 1 aromatic heterocycles. The third-order valence-electron chi connectivity index (χ3n) is 1.85. The van der Waals surface area contributed by atoms with Crippen LogP contribution < -0.4 is 4.90 Å². The van der Waals surface area contributed by atoms with Crippen LogP contribution in [0.15, 0.2) is 12.5 Å². The summed E-state index contributed by atoms with van der Waals surface area (Å²) >= 11 is 2.24. The van der Waals surface area contributed by atoms with E-state index in [1.165, 1.54) is 0 Å². The SMILES string of the molecule is COCCCN(C)c1ncncc1I. The summed E-state index contributed by atoms with van der Waals surface area (Å²) in [5.41, 5.74) is 0. The summed E-state index contributed by atoms with van der Waals surface area (Å²) in [5.74, 6) is 0.983. The van der Waals surface area contributed by atoms with Crippen LogP contribution in [0.5, 0.6) is 0 Å². The number of halogens is 1. The second kappa shape index (κ2) is 6.13. The summed E-state index contributed by atoms with van der Waals surface area (Å²) in [7, 11) is 3.74. The van der Waals surface area contributed by atoms with Crippen molar-refractivity contribution in [1.29, 1.82) is 0 Å². The number of ether oxygens (including phenoxy) is 1. The average molecular weight is 307 g/mol. The Morgan fingerprint density at radius 1 is 1.57 bits per heavy atom. The van der Waals surface area contributed by atoms with Gasteiger partial charge in [-0.05, 0) is 29.0 Å². The molecule has 0 N–H and O–H groups in total. The maximum atomic E-state index is 5.00. The van der Waals surface area contributed by atoms with Gasteiger partial charge >= 0.3 is 0 Å². The Morgan fingerprint density at radius 3 is 3.00 bits per heavy atom. The van der Waals surface area contributed by atoms with E-state index in [1.807, 2.05) is 13.2 Å². The van der Waals surface area contributed by atoms with Gasteiger partial charge < -0.3 is 9.64 Å². The molecule has 0 saturated carbocycles. The van der Waals surface area contributed by atoms with E-state index in [1.54, 1.807) is 13.4 Å². The normalized spacial score (nSPS) is 10.2. The van der Waals surface area contributed by atoms with Crippen LogP contribution in [0.1, 0.15) is 6.42 Å². The van der Waals surface area contributed by atoms with Gasteiger partial charge in [-0.25, -0.2) is 9.97 Å². The predicted octanol–water partition coefficient (Wildman–Crippen LogP) is 1.55. The highest BCUT2D eigenvalue weighted by Crippen LogP contribution is 2.16. The molecule has 14 heavy (non-hydrogen) atoms. The van der Waals surface area contributed by atoms with Crippen molar-refractivity contribution in [2.45, 2.75) is 6.42 Å². The van der Waals surface area contributed by atoms with Gasteiger partial charge in [0.2, 0.25) is 0 Å². The number of methoxy groups -OCH3 is 1. The van der Waals surface area contributed by atoms with Gasteiger partial charge in [-0.3, -0.25) is 0 Å². The molecule has 4 nitrogen and oxygen atoms in total. The number of hydrogen-bond donors (Lipinski definition) is 0. The Morgan fingerprint density at radius 2 is 2.36 bits per heavy atom. The topological polar surface area (TPSA) is 38.2 Å². The molecule has 0 aliphatic heterocycles. The number of nitrogens with zero attached hydrogens (tertiary/aromatic N) is 3. The quantitative estimate of drug-likeness (QED) is 0.611. The van der Waals surface area contributed by atoms with Crippen LogP contribution >= 0.6 is 22.6 Å². The molecule has 0 amide bonds. The zero-order chi connectivity index (χ0) is 10.4. The second-order valence-corrected chi connectivity index (χ2v) is 4.12. The molecular formula is C9H14IN3O. The van der Waals surface area contributed by atoms with Gasteiger partial charge in [-0.1, -0.05) is 0 Å². The Bertz CT molecular complexity index is 283. The molecule has 0 unspecified atom stereocenters. The van der Waals surface area contributed by atoms with E-state index < -0.39 is 0 Å². The number of anilines is 1. The molecule has 1 heterocycles. The van der Waals surface area contributed by atoms with Crippen LogP contribution in [0.3, 0.4) is 0 Å². The first-order chi connectivity index (χ1) is 6.75. The Hall–Kier alpha value is -0.430. The summed E-state index contributed by atoms with van der Waals surface area (Å²) in [6, 6.07) is 0. The highest BCUT2D eigenvalue weighted by molar-refractivity contribution is 14.1. The molecule has 0 atom stereocenters. The smallest absolute Gasteiger partial charge is 0.145 e. The van der Waals surface area contributed by atoms with Crippen molar-refractivity contribution >= 4 is 28.4 Å². The summed E-state index contributed by atoms with van der Waals surface area (Å²) in [4.78, 5) is 10.3. The minimum atomic E-state index is 0.784. The Labute approximate surface area is 97.8 Å². The van der Waals surface area contributed by atoms with Crippen molar-refractivity contribution in [3.05, 3.63) is 16.1 Å². The molecule has 0 spiro atoms. The first-order valence-corrected chi connectivity index (χ1v) is 5.49. The lowest BCUT2D eigenvalue weighted by Crippen LogP contribution is -2.21. The summed E-state index contributed by atoms with van der Waals surface area (Å²) in [6.07, 6.45) is 4.40. The number of rotatable bonds is 5. The van der Waals surface area contributed by atoms with Crippen LogP contribution in [0.4, 0.5) is 5.82 Å². The molecule has 0 radical (unpaired) electrons. The second-order valence-electron chi connectivity index (χ2n) is 2.96. The van der Waals surface area contributed by atoms with Crippen LogP contribution in [0, 0.1) is 3.57 Å². The summed E-state index contributed by atoms with van der Waals surface area (Å²) in [5, 5.41) is 0. The zero-order valence-electron chi connectivity index (χ0n) is 8.40. The van der Waals surface area contributed by atoms with Crippen molar-refractivity contribution in [2.24, 2.45) is 0 Å². The van der Waals surface area contributed by atoms with E-state index in [0.29, 0.717) is 0 Å². The van der Waals surface area contributed by atoms with Gasteiger partial charge in [-0.15, -0.1) is 0 Å². The van der Waals surface area contributed by atoms with Crippen LogP contribution in [-0.4, -0.2) is 37.3 Å². The molecule has 0 saturated heterocycles. The average Bonchev–Trinajstić information content (AvgIpc) is 2.18. The lowest BCUT2D eigenvalue weighted by molar-refractivity contribution is 0.196. The predicted molar refractivity (Wildman–Crippen MR) is 64.5 cm³/mol. The van der Waals surface area contributed by atoms with Crippen molar-refractivity contribution in [1.82, 2.24) is 9.97 Å². The maximum absolute atomic E-state index is 5.00. The molecule has 0 aliphatic carbocycles. The summed E-state index contributed by atoms with van der Waals surface area (Å²) < 4.78 is 6.07. The first kappa shape index (κ1) is 11.6. The molecule has 1 aromatic rings.